The van der Waals surface area contributed by atoms with Crippen molar-refractivity contribution in [3.8, 4) is 0 Å². The lowest BCUT2D eigenvalue weighted by Crippen LogP contribution is -2.55. The Balaban J connectivity index is 2.77. The quantitative estimate of drug-likeness (QED) is 0.624. The van der Waals surface area contributed by atoms with E-state index < -0.39 is 11.7 Å². The van der Waals surface area contributed by atoms with Crippen LogP contribution in [0.2, 0.25) is 0 Å². The molecule has 5 heteroatoms. The van der Waals surface area contributed by atoms with Crippen LogP contribution < -0.4 is 5.32 Å². The molecule has 1 aliphatic heterocycles. The Hall–Kier alpha value is -0.740. The van der Waals surface area contributed by atoms with Crippen LogP contribution >= 0.6 is 0 Å². The van der Waals surface area contributed by atoms with E-state index in [2.05, 4.69) is 10.3 Å². The summed E-state index contributed by atoms with van der Waals surface area (Å²) in [5.41, 5.74) is -1.80. The summed E-state index contributed by atoms with van der Waals surface area (Å²) in [6, 6.07) is 0. The Kier molecular flexibility index (Phi) is 1.82. The third-order valence-electron chi connectivity index (χ3n) is 1.94. The molecule has 1 N–H and O–H groups in total. The molecule has 11 heavy (non-hydrogen) atoms. The number of alkyl halides is 3. The molecule has 0 aromatic rings. The van der Waals surface area contributed by atoms with Gasteiger partial charge in [-0.2, -0.15) is 13.2 Å². The summed E-state index contributed by atoms with van der Waals surface area (Å²) in [6.45, 7) is 1.29. The number of nitrogens with one attached hydrogen (secondary N) is 1. The van der Waals surface area contributed by atoms with Crippen LogP contribution in [0.5, 0.6) is 0 Å². The van der Waals surface area contributed by atoms with E-state index in [1.807, 2.05) is 0 Å². The van der Waals surface area contributed by atoms with Crippen molar-refractivity contribution in [1.29, 1.82) is 0 Å². The average molecular weight is 166 g/mol. The van der Waals surface area contributed by atoms with Crippen molar-refractivity contribution >= 4 is 6.34 Å². The van der Waals surface area contributed by atoms with Crippen molar-refractivity contribution in [1.82, 2.24) is 5.32 Å². The molecule has 1 aliphatic rings. The first-order chi connectivity index (χ1) is 5.02. The zero-order valence-electron chi connectivity index (χ0n) is 6.07. The zero-order valence-corrected chi connectivity index (χ0v) is 6.07. The Morgan fingerprint density at radius 3 is 2.45 bits per heavy atom. The highest BCUT2D eigenvalue weighted by molar-refractivity contribution is 5.59. The molecule has 2 nitrogen and oxygen atoms in total. The molecule has 0 aromatic heterocycles. The first-order valence-electron chi connectivity index (χ1n) is 3.34. The van der Waals surface area contributed by atoms with Gasteiger partial charge in [-0.05, 0) is 6.42 Å². The lowest BCUT2D eigenvalue weighted by molar-refractivity contribution is -0.187. The standard InChI is InChI=1S/C6H9F3N2/c1-2-5(6(7,8)9)3-10-4-11-5/h4H,2-3H2,1H3,(H,10,11). The third kappa shape index (κ3) is 1.19. The van der Waals surface area contributed by atoms with Gasteiger partial charge in [0.25, 0.3) is 0 Å². The van der Waals surface area contributed by atoms with Crippen molar-refractivity contribution in [3.63, 3.8) is 0 Å². The number of hydrogen-bond donors (Lipinski definition) is 1. The van der Waals surface area contributed by atoms with Crippen LogP contribution in [0.15, 0.2) is 4.99 Å². The van der Waals surface area contributed by atoms with E-state index in [0.29, 0.717) is 0 Å². The van der Waals surface area contributed by atoms with Gasteiger partial charge >= 0.3 is 6.18 Å². The fourth-order valence-electron chi connectivity index (χ4n) is 1.00. The highest BCUT2D eigenvalue weighted by Gasteiger charge is 2.54. The predicted octanol–water partition coefficient (Wildman–Crippen LogP) is 1.33. The van der Waals surface area contributed by atoms with E-state index in [4.69, 9.17) is 0 Å². The van der Waals surface area contributed by atoms with Gasteiger partial charge in [-0.1, -0.05) is 6.92 Å². The zero-order chi connectivity index (χ0) is 8.54. The summed E-state index contributed by atoms with van der Waals surface area (Å²) >= 11 is 0. The van der Waals surface area contributed by atoms with Gasteiger partial charge < -0.3 is 5.32 Å². The molecule has 64 valence electrons. The molecule has 0 aromatic carbocycles. The van der Waals surface area contributed by atoms with Gasteiger partial charge in [-0.15, -0.1) is 0 Å². The minimum Gasteiger partial charge on any atom is -0.361 e. The molecule has 0 bridgehead atoms. The first-order valence-corrected chi connectivity index (χ1v) is 3.34. The van der Waals surface area contributed by atoms with Gasteiger partial charge in [-0.25, -0.2) is 0 Å². The van der Waals surface area contributed by atoms with Crippen molar-refractivity contribution in [2.24, 2.45) is 4.99 Å². The highest BCUT2D eigenvalue weighted by atomic mass is 19.4. The first kappa shape index (κ1) is 8.36. The van der Waals surface area contributed by atoms with Crippen molar-refractivity contribution < 1.29 is 13.2 Å². The molecule has 0 fully saturated rings. The third-order valence-corrected chi connectivity index (χ3v) is 1.94. The van der Waals surface area contributed by atoms with Crippen LogP contribution in [0.1, 0.15) is 13.3 Å². The Morgan fingerprint density at radius 1 is 1.64 bits per heavy atom. The van der Waals surface area contributed by atoms with Gasteiger partial charge in [0.1, 0.15) is 0 Å². The molecule has 0 aliphatic carbocycles. The molecule has 0 spiro atoms. The van der Waals surface area contributed by atoms with E-state index in [1.165, 1.54) is 6.92 Å². The largest absolute Gasteiger partial charge is 0.413 e. The molecule has 1 atom stereocenters. The van der Waals surface area contributed by atoms with Crippen molar-refractivity contribution in [2.75, 3.05) is 6.54 Å². The SMILES string of the molecule is CCC1(C(F)(F)F)CN=CN1. The second-order valence-electron chi connectivity index (χ2n) is 2.55. The van der Waals surface area contributed by atoms with Gasteiger partial charge in [0.2, 0.25) is 0 Å². The molecule has 0 amide bonds. The maximum atomic E-state index is 12.3. The number of halogens is 3. The number of nitrogens with zero attached hydrogens (tertiary/aromatic N) is 1. The summed E-state index contributed by atoms with van der Waals surface area (Å²) in [6.07, 6.45) is -3.08. The summed E-state index contributed by atoms with van der Waals surface area (Å²) in [4.78, 5) is 3.52. The fraction of sp³-hybridized carbons (Fsp3) is 0.833. The highest BCUT2D eigenvalue weighted by Crippen LogP contribution is 2.34. The summed E-state index contributed by atoms with van der Waals surface area (Å²) < 4.78 is 36.8. The Bertz CT molecular complexity index is 165. The van der Waals surface area contributed by atoms with Crippen molar-refractivity contribution in [2.45, 2.75) is 25.1 Å². The molecule has 0 saturated carbocycles. The second kappa shape index (κ2) is 2.39. The monoisotopic (exact) mass is 166 g/mol. The lowest BCUT2D eigenvalue weighted by Gasteiger charge is -2.29. The van der Waals surface area contributed by atoms with E-state index >= 15 is 0 Å². The van der Waals surface area contributed by atoms with E-state index in [1.54, 1.807) is 0 Å². The maximum absolute atomic E-state index is 12.3. The van der Waals surface area contributed by atoms with Gasteiger partial charge in [0, 0.05) is 0 Å². The minimum atomic E-state index is -4.21. The normalized spacial score (nSPS) is 30.5. The summed E-state index contributed by atoms with van der Waals surface area (Å²) in [7, 11) is 0. The molecule has 1 heterocycles. The summed E-state index contributed by atoms with van der Waals surface area (Å²) in [5.74, 6) is 0. The lowest BCUT2D eigenvalue weighted by atomic mass is 9.97. The molecule has 0 radical (unpaired) electrons. The minimum absolute atomic E-state index is 0.0104. The van der Waals surface area contributed by atoms with Gasteiger partial charge in [-0.3, -0.25) is 4.99 Å². The van der Waals surface area contributed by atoms with Crippen LogP contribution in [0.25, 0.3) is 0 Å². The average Bonchev–Trinajstić information content (AvgIpc) is 2.33. The van der Waals surface area contributed by atoms with E-state index in [0.717, 1.165) is 6.34 Å². The van der Waals surface area contributed by atoms with Crippen LogP contribution in [-0.2, 0) is 0 Å². The Labute approximate surface area is 62.5 Å². The van der Waals surface area contributed by atoms with Crippen molar-refractivity contribution in [3.05, 3.63) is 0 Å². The summed E-state index contributed by atoms with van der Waals surface area (Å²) in [5, 5.41) is 2.24. The molecular formula is C6H9F3N2. The number of rotatable bonds is 1. The van der Waals surface area contributed by atoms with Crippen LogP contribution in [0.4, 0.5) is 13.2 Å². The smallest absolute Gasteiger partial charge is 0.361 e. The molecule has 1 rings (SSSR count). The van der Waals surface area contributed by atoms with Gasteiger partial charge in [0.05, 0.1) is 12.9 Å². The van der Waals surface area contributed by atoms with Crippen LogP contribution in [0.3, 0.4) is 0 Å². The molecule has 1 unspecified atom stereocenters. The molecule has 0 saturated heterocycles. The molecular weight excluding hydrogens is 157 g/mol. The van der Waals surface area contributed by atoms with E-state index in [9.17, 15) is 13.2 Å². The number of aliphatic imine (C=N–C) groups is 1. The van der Waals surface area contributed by atoms with Gasteiger partial charge in [0.15, 0.2) is 5.54 Å². The fourth-order valence-corrected chi connectivity index (χ4v) is 1.00. The topological polar surface area (TPSA) is 24.4 Å². The Morgan fingerprint density at radius 2 is 2.27 bits per heavy atom. The maximum Gasteiger partial charge on any atom is 0.413 e. The second-order valence-corrected chi connectivity index (χ2v) is 2.55. The predicted molar refractivity (Wildman–Crippen MR) is 35.6 cm³/mol. The van der Waals surface area contributed by atoms with Crippen LogP contribution in [-0.4, -0.2) is 24.6 Å². The van der Waals surface area contributed by atoms with E-state index in [-0.39, 0.29) is 13.0 Å². The number of hydrogen-bond acceptors (Lipinski definition) is 2. The van der Waals surface area contributed by atoms with Crippen LogP contribution in [0, 0.1) is 0 Å².